The number of thiazole rings is 1. The maximum atomic E-state index is 15.0. The van der Waals surface area contributed by atoms with Gasteiger partial charge in [0.05, 0.1) is 29.4 Å². The first-order chi connectivity index (χ1) is 18.0. The largest absolute Gasteiger partial charge is 0.418 e. The summed E-state index contributed by atoms with van der Waals surface area (Å²) in [6, 6.07) is 1.67. The van der Waals surface area contributed by atoms with Gasteiger partial charge in [0.15, 0.2) is 5.82 Å². The third kappa shape index (κ3) is 4.42. The fraction of sp³-hybridized carbons (Fsp3) is 0.261. The summed E-state index contributed by atoms with van der Waals surface area (Å²) in [6.07, 6.45) is -5.50. The molecule has 2 atom stereocenters. The number of carbonyl (C=O) groups excluding carboxylic acids is 2. The topological polar surface area (TPSA) is 119 Å². The zero-order chi connectivity index (χ0) is 27.4. The Labute approximate surface area is 215 Å². The molecular weight excluding hydrogens is 533 g/mol. The second-order valence-electron chi connectivity index (χ2n) is 8.67. The molecule has 15 heteroatoms. The first-order valence-corrected chi connectivity index (χ1v) is 12.0. The van der Waals surface area contributed by atoms with Crippen LogP contribution in [0.15, 0.2) is 35.4 Å². The zero-order valence-corrected chi connectivity index (χ0v) is 20.3. The Morgan fingerprint density at radius 1 is 1.18 bits per heavy atom. The standard InChI is InChI=1S/C23H18F5N7O2S/c1-10-2-14(24)12(18-4-13(23(26,27)28)19-20(29)30-8-32-35(18)19)3-11(10)21(36)33-16-6-34(5-15(16)25)22(37)17-7-38-9-31-17/h2-4,7-9,15-16H,5-6H2,1H3,(H,33,36)(H2,29,30,32). The number of anilines is 1. The molecule has 0 aliphatic carbocycles. The number of nitrogens with one attached hydrogen (secondary N) is 1. The van der Waals surface area contributed by atoms with Gasteiger partial charge in [-0.15, -0.1) is 11.3 Å². The van der Waals surface area contributed by atoms with Crippen molar-refractivity contribution in [2.45, 2.75) is 25.3 Å². The smallest absolute Gasteiger partial charge is 0.382 e. The summed E-state index contributed by atoms with van der Waals surface area (Å²) in [5.41, 5.74) is 4.97. The summed E-state index contributed by atoms with van der Waals surface area (Å²) in [5, 5.41) is 7.83. The molecule has 2 unspecified atom stereocenters. The maximum Gasteiger partial charge on any atom is 0.418 e. The molecule has 1 aromatic carbocycles. The van der Waals surface area contributed by atoms with E-state index in [-0.39, 0.29) is 41.2 Å². The van der Waals surface area contributed by atoms with Crippen molar-refractivity contribution in [1.29, 1.82) is 0 Å². The minimum Gasteiger partial charge on any atom is -0.382 e. The fourth-order valence-corrected chi connectivity index (χ4v) is 4.91. The number of carbonyl (C=O) groups is 2. The number of fused-ring (bicyclic) bond motifs is 1. The monoisotopic (exact) mass is 551 g/mol. The number of halogens is 5. The number of aryl methyl sites for hydroxylation is 1. The van der Waals surface area contributed by atoms with Crippen molar-refractivity contribution >= 4 is 34.5 Å². The Morgan fingerprint density at radius 2 is 1.95 bits per heavy atom. The Morgan fingerprint density at radius 3 is 2.63 bits per heavy atom. The molecule has 198 valence electrons. The molecule has 1 fully saturated rings. The molecule has 0 saturated carbocycles. The third-order valence-electron chi connectivity index (χ3n) is 6.23. The lowest BCUT2D eigenvalue weighted by Gasteiger charge is -2.17. The summed E-state index contributed by atoms with van der Waals surface area (Å²) < 4.78 is 71.7. The number of amides is 2. The Bertz CT molecular complexity index is 1550. The molecule has 1 saturated heterocycles. The first kappa shape index (κ1) is 25.5. The van der Waals surface area contributed by atoms with Gasteiger partial charge in [-0.25, -0.2) is 23.3 Å². The molecule has 4 heterocycles. The molecule has 3 N–H and O–H groups in total. The number of nitrogens with two attached hydrogens (primary N) is 1. The van der Waals surface area contributed by atoms with Crippen LogP contribution in [0.5, 0.6) is 0 Å². The predicted octanol–water partition coefficient (Wildman–Crippen LogP) is 3.49. The quantitative estimate of drug-likeness (QED) is 0.375. The second kappa shape index (κ2) is 9.31. The summed E-state index contributed by atoms with van der Waals surface area (Å²) in [6.45, 7) is 1.05. The van der Waals surface area contributed by atoms with Crippen molar-refractivity contribution in [2.24, 2.45) is 0 Å². The Balaban J connectivity index is 1.47. The van der Waals surface area contributed by atoms with E-state index in [0.717, 1.165) is 23.0 Å². The van der Waals surface area contributed by atoms with E-state index < -0.39 is 52.9 Å². The number of alkyl halides is 4. The molecule has 9 nitrogen and oxygen atoms in total. The highest BCUT2D eigenvalue weighted by Gasteiger charge is 2.39. The number of nitrogen functional groups attached to an aromatic ring is 1. The van der Waals surface area contributed by atoms with Gasteiger partial charge in [0.1, 0.15) is 29.5 Å². The van der Waals surface area contributed by atoms with Crippen molar-refractivity contribution in [1.82, 2.24) is 29.8 Å². The van der Waals surface area contributed by atoms with E-state index in [0.29, 0.717) is 6.07 Å². The number of aromatic nitrogens is 4. The molecule has 5 rings (SSSR count). The lowest BCUT2D eigenvalue weighted by Crippen LogP contribution is -2.42. The number of benzene rings is 1. The van der Waals surface area contributed by atoms with Gasteiger partial charge in [0.2, 0.25) is 0 Å². The lowest BCUT2D eigenvalue weighted by molar-refractivity contribution is -0.136. The Hall–Kier alpha value is -4.14. The molecule has 3 aromatic heterocycles. The van der Waals surface area contributed by atoms with Gasteiger partial charge in [0.25, 0.3) is 11.8 Å². The van der Waals surface area contributed by atoms with E-state index in [1.54, 1.807) is 0 Å². The number of likely N-dealkylation sites (tertiary alicyclic amines) is 1. The van der Waals surface area contributed by atoms with E-state index in [1.807, 2.05) is 0 Å². The third-order valence-corrected chi connectivity index (χ3v) is 6.81. The molecule has 1 aliphatic rings. The molecular formula is C23H18F5N7O2S. The van der Waals surface area contributed by atoms with Crippen LogP contribution in [0.4, 0.5) is 27.8 Å². The van der Waals surface area contributed by atoms with Crippen LogP contribution in [0.25, 0.3) is 16.8 Å². The highest BCUT2D eigenvalue weighted by molar-refractivity contribution is 7.07. The number of hydrogen-bond acceptors (Lipinski definition) is 7. The number of hydrogen-bond donors (Lipinski definition) is 2. The summed E-state index contributed by atoms with van der Waals surface area (Å²) in [4.78, 5) is 34.3. The molecule has 1 aliphatic heterocycles. The molecule has 0 bridgehead atoms. The normalized spacial score (nSPS) is 17.8. The molecule has 2 amide bonds. The summed E-state index contributed by atoms with van der Waals surface area (Å²) in [7, 11) is 0. The number of nitrogens with zero attached hydrogens (tertiary/aromatic N) is 5. The molecule has 0 spiro atoms. The van der Waals surface area contributed by atoms with Crippen LogP contribution in [0.2, 0.25) is 0 Å². The van der Waals surface area contributed by atoms with Crippen LogP contribution < -0.4 is 11.1 Å². The van der Waals surface area contributed by atoms with Crippen LogP contribution in [0.1, 0.15) is 32.0 Å². The van der Waals surface area contributed by atoms with Crippen molar-refractivity contribution in [3.05, 3.63) is 63.6 Å². The van der Waals surface area contributed by atoms with Crippen LogP contribution >= 0.6 is 11.3 Å². The van der Waals surface area contributed by atoms with E-state index in [4.69, 9.17) is 5.73 Å². The maximum absolute atomic E-state index is 15.0. The van der Waals surface area contributed by atoms with Gasteiger partial charge >= 0.3 is 6.18 Å². The molecule has 4 aromatic rings. The van der Waals surface area contributed by atoms with Crippen molar-refractivity contribution in [3.63, 3.8) is 0 Å². The predicted molar refractivity (Wildman–Crippen MR) is 127 cm³/mol. The fourth-order valence-electron chi connectivity index (χ4n) is 4.38. The number of rotatable bonds is 4. The van der Waals surface area contributed by atoms with Crippen molar-refractivity contribution in [2.75, 3.05) is 18.8 Å². The van der Waals surface area contributed by atoms with Crippen LogP contribution in [0.3, 0.4) is 0 Å². The summed E-state index contributed by atoms with van der Waals surface area (Å²) in [5.74, 6) is -2.64. The first-order valence-electron chi connectivity index (χ1n) is 11.1. The zero-order valence-electron chi connectivity index (χ0n) is 19.5. The van der Waals surface area contributed by atoms with Crippen LogP contribution in [0, 0.1) is 12.7 Å². The van der Waals surface area contributed by atoms with E-state index >= 15 is 4.39 Å². The molecule has 38 heavy (non-hydrogen) atoms. The highest BCUT2D eigenvalue weighted by Crippen LogP contribution is 2.39. The van der Waals surface area contributed by atoms with Gasteiger partial charge in [0, 0.05) is 23.1 Å². The molecule has 0 radical (unpaired) electrons. The SMILES string of the molecule is Cc1cc(F)c(-c2cc(C(F)(F)F)c3c(N)ncnn23)cc1C(=O)NC1CN(C(=O)c2cscn2)CC1F. The minimum atomic E-state index is -4.84. The second-order valence-corrected chi connectivity index (χ2v) is 9.39. The van der Waals surface area contributed by atoms with E-state index in [1.165, 1.54) is 34.1 Å². The van der Waals surface area contributed by atoms with Gasteiger partial charge in [-0.2, -0.15) is 18.3 Å². The highest BCUT2D eigenvalue weighted by atomic mass is 32.1. The van der Waals surface area contributed by atoms with Gasteiger partial charge in [-0.3, -0.25) is 9.59 Å². The lowest BCUT2D eigenvalue weighted by atomic mass is 10.0. The van der Waals surface area contributed by atoms with E-state index in [9.17, 15) is 27.2 Å². The van der Waals surface area contributed by atoms with Crippen molar-refractivity contribution in [3.8, 4) is 11.3 Å². The Kier molecular flexibility index (Phi) is 6.25. The van der Waals surface area contributed by atoms with Gasteiger partial charge in [-0.05, 0) is 30.7 Å². The van der Waals surface area contributed by atoms with Crippen LogP contribution in [-0.4, -0.2) is 61.6 Å². The minimum absolute atomic E-state index is 0.0941. The van der Waals surface area contributed by atoms with Crippen LogP contribution in [-0.2, 0) is 6.18 Å². The van der Waals surface area contributed by atoms with Gasteiger partial charge < -0.3 is 16.0 Å². The van der Waals surface area contributed by atoms with Crippen molar-refractivity contribution < 1.29 is 31.5 Å². The van der Waals surface area contributed by atoms with E-state index in [2.05, 4.69) is 20.4 Å². The summed E-state index contributed by atoms with van der Waals surface area (Å²) >= 11 is 1.21. The average molecular weight is 552 g/mol. The average Bonchev–Trinajstić information content (AvgIpc) is 3.58. The van der Waals surface area contributed by atoms with Gasteiger partial charge in [-0.1, -0.05) is 0 Å².